The summed E-state index contributed by atoms with van der Waals surface area (Å²) in [4.78, 5) is 44.8. The van der Waals surface area contributed by atoms with Crippen LogP contribution in [0.15, 0.2) is 36.4 Å². The molecule has 1 saturated carbocycles. The van der Waals surface area contributed by atoms with E-state index < -0.39 is 11.8 Å². The van der Waals surface area contributed by atoms with Crippen molar-refractivity contribution in [3.05, 3.63) is 47.5 Å². The first-order valence-electron chi connectivity index (χ1n) is 12.3. The molecule has 0 spiro atoms. The molecule has 0 bridgehead atoms. The van der Waals surface area contributed by atoms with Crippen LogP contribution in [0, 0.1) is 5.92 Å². The van der Waals surface area contributed by atoms with E-state index in [-0.39, 0.29) is 47.1 Å². The number of carbonyl (C=O) groups excluding carboxylic acids is 3. The number of fused-ring (bicyclic) bond motifs is 2. The first kappa shape index (κ1) is 25.6. The summed E-state index contributed by atoms with van der Waals surface area (Å²) in [7, 11) is 1.47. The number of hydrogen-bond acceptors (Lipinski definition) is 8. The van der Waals surface area contributed by atoms with E-state index in [0.717, 1.165) is 19.3 Å². The van der Waals surface area contributed by atoms with Crippen molar-refractivity contribution in [2.75, 3.05) is 18.2 Å². The van der Waals surface area contributed by atoms with Crippen molar-refractivity contribution in [2.24, 2.45) is 17.4 Å². The summed E-state index contributed by atoms with van der Waals surface area (Å²) in [6.07, 6.45) is 6.27. The highest BCUT2D eigenvalue weighted by Crippen LogP contribution is 2.32. The van der Waals surface area contributed by atoms with Gasteiger partial charge in [0.15, 0.2) is 0 Å². The van der Waals surface area contributed by atoms with Gasteiger partial charge in [0.25, 0.3) is 0 Å². The van der Waals surface area contributed by atoms with E-state index in [1.54, 1.807) is 15.2 Å². The number of nitrogens with zero attached hydrogens (tertiary/aromatic N) is 4. The van der Waals surface area contributed by atoms with E-state index in [1.807, 2.05) is 12.2 Å². The van der Waals surface area contributed by atoms with Crippen LogP contribution in [-0.4, -0.2) is 49.0 Å². The fraction of sp³-hybridized carbons (Fsp3) is 0.269. The third-order valence-electron chi connectivity index (χ3n) is 6.90. The quantitative estimate of drug-likeness (QED) is 0.201. The van der Waals surface area contributed by atoms with Gasteiger partial charge in [-0.1, -0.05) is 18.6 Å². The van der Waals surface area contributed by atoms with Crippen molar-refractivity contribution >= 4 is 51.7 Å². The molecule has 39 heavy (non-hydrogen) atoms. The lowest BCUT2D eigenvalue weighted by Gasteiger charge is -2.23. The van der Waals surface area contributed by atoms with Gasteiger partial charge >= 0.3 is 0 Å². The Labute approximate surface area is 222 Å². The van der Waals surface area contributed by atoms with Gasteiger partial charge < -0.3 is 36.2 Å². The minimum atomic E-state index is -0.703. The average molecular weight is 533 g/mol. The molecule has 2 heterocycles. The van der Waals surface area contributed by atoms with Gasteiger partial charge in [0.1, 0.15) is 22.5 Å². The fourth-order valence-corrected chi connectivity index (χ4v) is 4.63. The summed E-state index contributed by atoms with van der Waals surface area (Å²) >= 11 is 0. The van der Waals surface area contributed by atoms with Gasteiger partial charge in [-0.15, -0.1) is 0 Å². The second-order valence-corrected chi connectivity index (χ2v) is 9.35. The smallest absolute Gasteiger partial charge is 0.248 e. The summed E-state index contributed by atoms with van der Waals surface area (Å²) in [5, 5.41) is 13.6. The Kier molecular flexibility index (Phi) is 6.56. The number of nitrogens with one attached hydrogen (secondary N) is 1. The standard InChI is InChI=1S/C26H28N8O5/c1-39-19-12-15(23(28)37)10-17-21(19)33(25(29)30-17)7-2-3-8-34-20-16(9-14(22(27)36)11-18(20)35)31-26(34)32-24(38)13-5-4-6-13/h2-3,9-13,35H,4-8H2,1H3,(H2,27,36)(H2,28,37)(H2,29,30)(H,31,32,38)/b3-2+. The molecular weight excluding hydrogens is 504 g/mol. The second-order valence-electron chi connectivity index (χ2n) is 9.35. The third kappa shape index (κ3) is 4.69. The molecule has 1 aliphatic rings. The van der Waals surface area contributed by atoms with E-state index in [9.17, 15) is 19.5 Å². The molecule has 1 fully saturated rings. The molecule has 3 amide bonds. The molecule has 2 aromatic heterocycles. The Hall–Kier alpha value is -5.07. The van der Waals surface area contributed by atoms with Gasteiger partial charge in [-0.3, -0.25) is 19.7 Å². The summed E-state index contributed by atoms with van der Waals surface area (Å²) in [6, 6.07) is 5.83. The zero-order valence-electron chi connectivity index (χ0n) is 21.2. The van der Waals surface area contributed by atoms with Crippen LogP contribution in [0.25, 0.3) is 22.1 Å². The number of carbonyl (C=O) groups is 3. The molecule has 13 heteroatoms. The monoisotopic (exact) mass is 532 g/mol. The van der Waals surface area contributed by atoms with Crippen LogP contribution in [0.1, 0.15) is 40.0 Å². The van der Waals surface area contributed by atoms with Gasteiger partial charge in [0.2, 0.25) is 29.6 Å². The number of nitrogens with two attached hydrogens (primary N) is 3. The van der Waals surface area contributed by atoms with Crippen LogP contribution < -0.4 is 27.3 Å². The first-order chi connectivity index (χ1) is 18.7. The largest absolute Gasteiger partial charge is 0.506 e. The van der Waals surface area contributed by atoms with E-state index in [1.165, 1.54) is 25.3 Å². The van der Waals surface area contributed by atoms with E-state index in [4.69, 9.17) is 21.9 Å². The van der Waals surface area contributed by atoms with Gasteiger partial charge in [0.05, 0.1) is 18.1 Å². The molecule has 0 unspecified atom stereocenters. The van der Waals surface area contributed by atoms with Crippen LogP contribution in [-0.2, 0) is 17.9 Å². The molecular formula is C26H28N8O5. The highest BCUT2D eigenvalue weighted by Gasteiger charge is 2.27. The molecule has 0 atom stereocenters. The zero-order chi connectivity index (χ0) is 27.8. The lowest BCUT2D eigenvalue weighted by atomic mass is 9.85. The Morgan fingerprint density at radius 2 is 1.62 bits per heavy atom. The van der Waals surface area contributed by atoms with Crippen molar-refractivity contribution in [2.45, 2.75) is 32.4 Å². The number of benzene rings is 2. The van der Waals surface area contributed by atoms with Crippen LogP contribution >= 0.6 is 0 Å². The summed E-state index contributed by atoms with van der Waals surface area (Å²) < 4.78 is 8.82. The molecule has 202 valence electrons. The molecule has 0 radical (unpaired) electrons. The Morgan fingerprint density at radius 3 is 2.21 bits per heavy atom. The van der Waals surface area contributed by atoms with Gasteiger partial charge in [-0.25, -0.2) is 9.97 Å². The molecule has 8 N–H and O–H groups in total. The number of nitrogen functional groups attached to an aromatic ring is 1. The van der Waals surface area contributed by atoms with Crippen molar-refractivity contribution in [3.63, 3.8) is 0 Å². The third-order valence-corrected chi connectivity index (χ3v) is 6.90. The summed E-state index contributed by atoms with van der Waals surface area (Å²) in [5.41, 5.74) is 19.0. The van der Waals surface area contributed by atoms with Crippen molar-refractivity contribution < 1.29 is 24.2 Å². The molecule has 5 rings (SSSR count). The molecule has 0 aliphatic heterocycles. The van der Waals surface area contributed by atoms with Crippen molar-refractivity contribution in [3.8, 4) is 11.5 Å². The molecule has 1 aliphatic carbocycles. The number of phenols is 1. The molecule has 0 saturated heterocycles. The molecule has 4 aromatic rings. The molecule has 13 nitrogen and oxygen atoms in total. The number of phenolic OH excluding ortho intramolecular Hbond substituents is 1. The highest BCUT2D eigenvalue weighted by molar-refractivity contribution is 6.00. The minimum Gasteiger partial charge on any atom is -0.506 e. The SMILES string of the molecule is COc1cc(C(N)=O)cc2nc(N)n(C/C=C/Cn3c(NC(=O)C4CCC4)nc4cc(C(N)=O)cc(O)c43)c12. The number of methoxy groups -OCH3 is 1. The number of amides is 3. The number of rotatable bonds is 9. The van der Waals surface area contributed by atoms with Crippen molar-refractivity contribution in [1.82, 2.24) is 19.1 Å². The Balaban J connectivity index is 1.46. The van der Waals surface area contributed by atoms with E-state index in [0.29, 0.717) is 34.4 Å². The van der Waals surface area contributed by atoms with Gasteiger partial charge in [-0.2, -0.15) is 0 Å². The highest BCUT2D eigenvalue weighted by atomic mass is 16.5. The van der Waals surface area contributed by atoms with E-state index in [2.05, 4.69) is 15.3 Å². The zero-order valence-corrected chi connectivity index (χ0v) is 21.2. The number of primary amides is 2. The predicted octanol–water partition coefficient (Wildman–Crippen LogP) is 1.88. The maximum Gasteiger partial charge on any atom is 0.248 e. The number of anilines is 2. The van der Waals surface area contributed by atoms with Crippen LogP contribution in [0.2, 0.25) is 0 Å². The Morgan fingerprint density at radius 1 is 1.00 bits per heavy atom. The number of hydrogen-bond donors (Lipinski definition) is 5. The Bertz CT molecular complexity index is 1660. The second kappa shape index (κ2) is 10.0. The van der Waals surface area contributed by atoms with E-state index >= 15 is 0 Å². The maximum atomic E-state index is 12.7. The number of aromatic nitrogens is 4. The maximum absolute atomic E-state index is 12.7. The minimum absolute atomic E-state index is 0.0776. The normalized spacial score (nSPS) is 13.7. The van der Waals surface area contributed by atoms with Gasteiger partial charge in [-0.05, 0) is 37.1 Å². The topological polar surface area (TPSA) is 206 Å². The van der Waals surface area contributed by atoms with Crippen LogP contribution in [0.3, 0.4) is 0 Å². The fourth-order valence-electron chi connectivity index (χ4n) is 4.63. The average Bonchev–Trinajstić information content (AvgIpc) is 3.36. The summed E-state index contributed by atoms with van der Waals surface area (Å²) in [5.74, 6) is -0.860. The van der Waals surface area contributed by atoms with Crippen LogP contribution in [0.5, 0.6) is 11.5 Å². The number of ether oxygens (including phenoxy) is 1. The number of imidazole rings is 2. The number of allylic oxidation sites excluding steroid dienone is 2. The molecule has 2 aromatic carbocycles. The van der Waals surface area contributed by atoms with Crippen LogP contribution in [0.4, 0.5) is 11.9 Å². The first-order valence-corrected chi connectivity index (χ1v) is 12.3. The van der Waals surface area contributed by atoms with Gasteiger partial charge in [0, 0.05) is 30.1 Å². The lowest BCUT2D eigenvalue weighted by molar-refractivity contribution is -0.122. The van der Waals surface area contributed by atoms with Crippen molar-refractivity contribution in [1.29, 1.82) is 0 Å². The number of aromatic hydroxyl groups is 1. The predicted molar refractivity (Wildman–Crippen MR) is 144 cm³/mol. The lowest BCUT2D eigenvalue weighted by Crippen LogP contribution is -2.29. The summed E-state index contributed by atoms with van der Waals surface area (Å²) in [6.45, 7) is 0.540.